The van der Waals surface area contributed by atoms with Crippen molar-refractivity contribution >= 4 is 35.4 Å². The molecule has 2 N–H and O–H groups in total. The van der Waals surface area contributed by atoms with Gasteiger partial charge >= 0.3 is 0 Å². The summed E-state index contributed by atoms with van der Waals surface area (Å²) >= 11 is 12.4. The Morgan fingerprint density at radius 1 is 1.33 bits per heavy atom. The number of anilines is 1. The number of aromatic nitrogens is 2. The average molecular weight is 369 g/mol. The monoisotopic (exact) mass is 368 g/mol. The molecule has 8 heteroatoms. The van der Waals surface area contributed by atoms with E-state index in [9.17, 15) is 4.79 Å². The predicted octanol–water partition coefficient (Wildman–Crippen LogP) is 3.87. The van der Waals surface area contributed by atoms with Gasteiger partial charge in [-0.05, 0) is 30.5 Å². The fraction of sp³-hybridized carbons (Fsp3) is 0.312. The van der Waals surface area contributed by atoms with Crippen molar-refractivity contribution in [3.63, 3.8) is 0 Å². The Kier molecular flexibility index (Phi) is 6.23. The summed E-state index contributed by atoms with van der Waals surface area (Å²) in [4.78, 5) is 18.0. The topological polar surface area (TPSA) is 79.4 Å². The van der Waals surface area contributed by atoms with Crippen LogP contribution in [0.1, 0.15) is 25.1 Å². The van der Waals surface area contributed by atoms with Gasteiger partial charge in [-0.25, -0.2) is 10.4 Å². The molecule has 2 aromatic rings. The Labute approximate surface area is 149 Å². The highest BCUT2D eigenvalue weighted by Crippen LogP contribution is 2.34. The van der Waals surface area contributed by atoms with E-state index in [1.807, 2.05) is 13.8 Å². The predicted molar refractivity (Wildman–Crippen MR) is 97.6 cm³/mol. The number of H-pyrrole nitrogens is 1. The summed E-state index contributed by atoms with van der Waals surface area (Å²) in [7, 11) is 0. The quantitative estimate of drug-likeness (QED) is 0.599. The van der Waals surface area contributed by atoms with Gasteiger partial charge in [0.2, 0.25) is 5.95 Å². The molecule has 6 nitrogen and oxygen atoms in total. The van der Waals surface area contributed by atoms with Gasteiger partial charge in [0.05, 0.1) is 22.9 Å². The minimum atomic E-state index is -0.252. The molecule has 0 aliphatic rings. The van der Waals surface area contributed by atoms with Gasteiger partial charge in [0, 0.05) is 11.8 Å². The first-order valence-electron chi connectivity index (χ1n) is 7.34. The normalized spacial score (nSPS) is 11.2. The molecule has 0 saturated carbocycles. The van der Waals surface area contributed by atoms with Crippen molar-refractivity contribution in [3.8, 4) is 5.75 Å². The zero-order chi connectivity index (χ0) is 17.7. The SMILES string of the molecule is Cc1cc(=O)[nH]c(N/N=C\c2cc(Cl)c(OCC(C)C)c(Cl)c2)n1. The number of hydrogen-bond acceptors (Lipinski definition) is 5. The van der Waals surface area contributed by atoms with Crippen LogP contribution < -0.4 is 15.7 Å². The van der Waals surface area contributed by atoms with Crippen molar-refractivity contribution in [1.82, 2.24) is 9.97 Å². The second-order valence-corrected chi connectivity index (χ2v) is 6.44. The maximum absolute atomic E-state index is 11.3. The summed E-state index contributed by atoms with van der Waals surface area (Å²) in [6.07, 6.45) is 1.52. The molecule has 0 fully saturated rings. The van der Waals surface area contributed by atoms with Crippen molar-refractivity contribution < 1.29 is 4.74 Å². The molecule has 0 unspecified atom stereocenters. The third kappa shape index (κ3) is 5.25. The number of nitrogens with one attached hydrogen (secondary N) is 2. The number of hydrogen-bond donors (Lipinski definition) is 2. The van der Waals surface area contributed by atoms with E-state index in [-0.39, 0.29) is 11.5 Å². The van der Waals surface area contributed by atoms with Crippen molar-refractivity contribution in [2.24, 2.45) is 11.0 Å². The van der Waals surface area contributed by atoms with Crippen molar-refractivity contribution in [2.45, 2.75) is 20.8 Å². The highest BCUT2D eigenvalue weighted by Gasteiger charge is 2.10. The molecule has 0 atom stereocenters. The molecule has 0 saturated heterocycles. The van der Waals surface area contributed by atoms with Crippen LogP contribution in [0, 0.1) is 12.8 Å². The molecule has 128 valence electrons. The Hall–Kier alpha value is -2.05. The molecular weight excluding hydrogens is 351 g/mol. The number of aromatic amines is 1. The maximum Gasteiger partial charge on any atom is 0.252 e. The summed E-state index contributed by atoms with van der Waals surface area (Å²) in [6.45, 7) is 6.33. The van der Waals surface area contributed by atoms with Gasteiger partial charge in [0.15, 0.2) is 5.75 Å². The first-order chi connectivity index (χ1) is 11.3. The first-order valence-corrected chi connectivity index (χ1v) is 8.09. The highest BCUT2D eigenvalue weighted by atomic mass is 35.5. The van der Waals surface area contributed by atoms with Crippen LogP contribution >= 0.6 is 23.2 Å². The summed E-state index contributed by atoms with van der Waals surface area (Å²) in [5.41, 5.74) is 3.68. The van der Waals surface area contributed by atoms with Gasteiger partial charge in [0.1, 0.15) is 0 Å². The van der Waals surface area contributed by atoms with Crippen LogP contribution in [-0.4, -0.2) is 22.8 Å². The molecule has 0 bridgehead atoms. The minimum Gasteiger partial charge on any atom is -0.490 e. The number of benzene rings is 1. The molecule has 24 heavy (non-hydrogen) atoms. The zero-order valence-electron chi connectivity index (χ0n) is 13.6. The van der Waals surface area contributed by atoms with E-state index in [2.05, 4.69) is 20.5 Å². The van der Waals surface area contributed by atoms with Gasteiger partial charge < -0.3 is 4.74 Å². The molecule has 0 aliphatic carbocycles. The van der Waals surface area contributed by atoms with Crippen LogP contribution in [0.5, 0.6) is 5.75 Å². The lowest BCUT2D eigenvalue weighted by molar-refractivity contribution is 0.271. The van der Waals surface area contributed by atoms with E-state index in [1.54, 1.807) is 19.1 Å². The first kappa shape index (κ1) is 18.3. The van der Waals surface area contributed by atoms with Gasteiger partial charge in [-0.2, -0.15) is 5.10 Å². The van der Waals surface area contributed by atoms with Gasteiger partial charge in [-0.15, -0.1) is 0 Å². The van der Waals surface area contributed by atoms with Crippen molar-refractivity contribution in [3.05, 3.63) is 49.9 Å². The number of aryl methyl sites for hydroxylation is 1. The number of hydrazone groups is 1. The van der Waals surface area contributed by atoms with Crippen LogP contribution in [0.25, 0.3) is 0 Å². The van der Waals surface area contributed by atoms with Gasteiger partial charge in [-0.1, -0.05) is 37.0 Å². The van der Waals surface area contributed by atoms with E-state index >= 15 is 0 Å². The fourth-order valence-electron chi connectivity index (χ4n) is 1.84. The standard InChI is InChI=1S/C16H18Cl2N4O2/c1-9(2)8-24-15-12(17)5-11(6-13(15)18)7-19-22-16-20-10(3)4-14(23)21-16/h4-7,9H,8H2,1-3H3,(H2,20,21,22,23)/b19-7-. The maximum atomic E-state index is 11.3. The van der Waals surface area contributed by atoms with E-state index in [4.69, 9.17) is 27.9 Å². The molecule has 1 aromatic heterocycles. The summed E-state index contributed by atoms with van der Waals surface area (Å²) < 4.78 is 5.61. The van der Waals surface area contributed by atoms with Gasteiger partial charge in [0.25, 0.3) is 5.56 Å². The Morgan fingerprint density at radius 2 is 2.00 bits per heavy atom. The number of halogens is 2. The van der Waals surface area contributed by atoms with E-state index in [0.29, 0.717) is 39.6 Å². The average Bonchev–Trinajstić information content (AvgIpc) is 2.45. The van der Waals surface area contributed by atoms with E-state index < -0.39 is 0 Å². The third-order valence-corrected chi connectivity index (χ3v) is 3.40. The minimum absolute atomic E-state index is 0.252. The van der Waals surface area contributed by atoms with Gasteiger partial charge in [-0.3, -0.25) is 9.78 Å². The second kappa shape index (κ2) is 8.17. The zero-order valence-corrected chi connectivity index (χ0v) is 15.1. The highest BCUT2D eigenvalue weighted by molar-refractivity contribution is 6.37. The molecule has 0 aliphatic heterocycles. The van der Waals surface area contributed by atoms with E-state index in [0.717, 1.165) is 0 Å². The van der Waals surface area contributed by atoms with Crippen LogP contribution in [0.3, 0.4) is 0 Å². The van der Waals surface area contributed by atoms with Crippen LogP contribution in [-0.2, 0) is 0 Å². The van der Waals surface area contributed by atoms with Crippen molar-refractivity contribution in [2.75, 3.05) is 12.0 Å². The molecule has 0 radical (unpaired) electrons. The second-order valence-electron chi connectivity index (χ2n) is 5.62. The van der Waals surface area contributed by atoms with Crippen LogP contribution in [0.2, 0.25) is 10.0 Å². The number of nitrogens with zero attached hydrogens (tertiary/aromatic N) is 2. The number of rotatable bonds is 6. The fourth-order valence-corrected chi connectivity index (χ4v) is 2.45. The van der Waals surface area contributed by atoms with Crippen LogP contribution in [0.15, 0.2) is 28.1 Å². The molecule has 1 heterocycles. The molecule has 1 aromatic carbocycles. The Morgan fingerprint density at radius 3 is 2.58 bits per heavy atom. The lowest BCUT2D eigenvalue weighted by atomic mass is 10.2. The molecular formula is C16H18Cl2N4O2. The summed E-state index contributed by atoms with van der Waals surface area (Å²) in [5.74, 6) is 1.08. The largest absolute Gasteiger partial charge is 0.490 e. The molecule has 2 rings (SSSR count). The summed E-state index contributed by atoms with van der Waals surface area (Å²) in [5, 5.41) is 4.83. The lowest BCUT2D eigenvalue weighted by Gasteiger charge is -2.12. The summed E-state index contributed by atoms with van der Waals surface area (Å²) in [6, 6.07) is 4.78. The third-order valence-electron chi connectivity index (χ3n) is 2.84. The Bertz CT molecular complexity index is 780. The molecule has 0 spiro atoms. The lowest BCUT2D eigenvalue weighted by Crippen LogP contribution is -2.10. The van der Waals surface area contributed by atoms with E-state index in [1.165, 1.54) is 12.3 Å². The van der Waals surface area contributed by atoms with Crippen molar-refractivity contribution in [1.29, 1.82) is 0 Å². The Balaban J connectivity index is 2.10. The number of ether oxygens (including phenoxy) is 1. The van der Waals surface area contributed by atoms with Crippen LogP contribution in [0.4, 0.5) is 5.95 Å². The smallest absolute Gasteiger partial charge is 0.252 e. The molecule has 0 amide bonds.